The van der Waals surface area contributed by atoms with Crippen LogP contribution in [0, 0.1) is 13.1 Å². The zero-order valence-corrected chi connectivity index (χ0v) is 44.1. The fourth-order valence-electron chi connectivity index (χ4n) is 8.20. The van der Waals surface area contributed by atoms with Gasteiger partial charge in [0.05, 0.1) is 37.6 Å². The molecule has 11 nitrogen and oxygen atoms in total. The summed E-state index contributed by atoms with van der Waals surface area (Å²) in [5, 5.41) is 5.29. The fourth-order valence-corrected chi connectivity index (χ4v) is 8.76. The normalized spacial score (nSPS) is 13.3. The summed E-state index contributed by atoms with van der Waals surface area (Å²) < 4.78 is 38.7. The molecule has 1 fully saturated rings. The first-order valence-corrected chi connectivity index (χ1v) is 24.9. The molecule has 0 unspecified atom stereocenters. The van der Waals surface area contributed by atoms with Crippen molar-refractivity contribution in [3.05, 3.63) is 190 Å². The van der Waals surface area contributed by atoms with Crippen molar-refractivity contribution in [2.45, 2.75) is 65.3 Å². The minimum atomic E-state index is -0.284. The lowest BCUT2D eigenvalue weighted by Crippen LogP contribution is -2.41. The van der Waals surface area contributed by atoms with E-state index in [-0.39, 0.29) is 18.3 Å². The lowest BCUT2D eigenvalue weighted by molar-refractivity contribution is 0.00578. The van der Waals surface area contributed by atoms with Crippen molar-refractivity contribution in [1.82, 2.24) is 9.13 Å². The molecule has 2 aromatic heterocycles. The van der Waals surface area contributed by atoms with Crippen LogP contribution in [0.15, 0.2) is 150 Å². The van der Waals surface area contributed by atoms with E-state index in [1.165, 1.54) is 22.3 Å². The Morgan fingerprint density at radius 2 is 1.14 bits per heavy atom. The number of nitrogens with one attached hydrogen (secondary N) is 1. The van der Waals surface area contributed by atoms with Crippen LogP contribution < -0.4 is 20.3 Å². The van der Waals surface area contributed by atoms with Gasteiger partial charge in [0.1, 0.15) is 24.7 Å². The number of nitrogens with zero attached hydrogens (tertiary/aromatic N) is 4. The number of rotatable bonds is 16. The average Bonchev–Trinajstić information content (AvgIpc) is 4.00. The van der Waals surface area contributed by atoms with E-state index in [0.29, 0.717) is 37.8 Å². The molecular weight excluding hydrogens is 965 g/mol. The number of hydrogen-bond acceptors (Lipinski definition) is 7. The van der Waals surface area contributed by atoms with Gasteiger partial charge in [0, 0.05) is 78.9 Å². The van der Waals surface area contributed by atoms with Crippen molar-refractivity contribution in [3.8, 4) is 22.6 Å². The predicted molar refractivity (Wildman–Crippen MR) is 296 cm³/mol. The SMILES string of the molecule is CNc1cccc(B2OC(C)(C)C(C)(C)O2)c1.[C-]#[N+]c1ccc2c(c1)c(-c1cccc(CC)c1)cn2Cc1ccc(OCCOC)cc1.[C-]#[N+]c1ccc2c(c1)c(Br)cn2Cc1ccc(OCCOC)cc1. The van der Waals surface area contributed by atoms with Crippen LogP contribution in [0.3, 0.4) is 0 Å². The Labute approximate surface area is 433 Å². The van der Waals surface area contributed by atoms with Crippen LogP contribution in [0.4, 0.5) is 17.1 Å². The maximum Gasteiger partial charge on any atom is 0.494 e. The van der Waals surface area contributed by atoms with E-state index < -0.39 is 0 Å². The van der Waals surface area contributed by atoms with Gasteiger partial charge >= 0.3 is 7.12 Å². The summed E-state index contributed by atoms with van der Waals surface area (Å²) in [5.74, 6) is 1.69. The first-order valence-electron chi connectivity index (χ1n) is 24.1. The number of anilines is 1. The lowest BCUT2D eigenvalue weighted by atomic mass is 9.79. The molecule has 72 heavy (non-hydrogen) atoms. The van der Waals surface area contributed by atoms with Gasteiger partial charge in [-0.3, -0.25) is 0 Å². The molecule has 0 radical (unpaired) electrons. The third kappa shape index (κ3) is 13.2. The van der Waals surface area contributed by atoms with E-state index in [9.17, 15) is 0 Å². The predicted octanol–water partition coefficient (Wildman–Crippen LogP) is 13.6. The largest absolute Gasteiger partial charge is 0.494 e. The van der Waals surface area contributed by atoms with Gasteiger partial charge in [0.15, 0.2) is 11.4 Å². The summed E-state index contributed by atoms with van der Waals surface area (Å²) >= 11 is 3.59. The number of halogens is 1. The van der Waals surface area contributed by atoms with Crippen molar-refractivity contribution in [2.24, 2.45) is 0 Å². The number of hydrogen-bond donors (Lipinski definition) is 1. The van der Waals surface area contributed by atoms with Crippen LogP contribution >= 0.6 is 15.9 Å². The number of benzene rings is 6. The van der Waals surface area contributed by atoms with Gasteiger partial charge in [0.2, 0.25) is 0 Å². The van der Waals surface area contributed by atoms with E-state index in [4.69, 9.17) is 41.4 Å². The third-order valence-corrected chi connectivity index (χ3v) is 13.6. The second kappa shape index (κ2) is 24.5. The Morgan fingerprint density at radius 1 is 0.611 bits per heavy atom. The Morgan fingerprint density at radius 3 is 1.67 bits per heavy atom. The highest BCUT2D eigenvalue weighted by Gasteiger charge is 2.51. The highest BCUT2D eigenvalue weighted by Crippen LogP contribution is 2.37. The second-order valence-electron chi connectivity index (χ2n) is 18.4. The highest BCUT2D eigenvalue weighted by molar-refractivity contribution is 9.10. The zero-order chi connectivity index (χ0) is 51.3. The number of aryl methyl sites for hydroxylation is 1. The van der Waals surface area contributed by atoms with E-state index in [1.807, 2.05) is 79.8 Å². The van der Waals surface area contributed by atoms with Crippen LogP contribution in [-0.2, 0) is 38.3 Å². The van der Waals surface area contributed by atoms with Crippen LogP contribution in [0.2, 0.25) is 0 Å². The van der Waals surface area contributed by atoms with Crippen molar-refractivity contribution in [1.29, 1.82) is 0 Å². The molecular formula is C59H63BBrN5O6. The first kappa shape index (κ1) is 53.0. The minimum Gasteiger partial charge on any atom is -0.491 e. The first-order chi connectivity index (χ1) is 34.8. The molecule has 1 aliphatic rings. The van der Waals surface area contributed by atoms with Gasteiger partial charge in [-0.1, -0.05) is 79.7 Å². The summed E-state index contributed by atoms with van der Waals surface area (Å²) in [6.07, 6.45) is 5.26. The van der Waals surface area contributed by atoms with Crippen LogP contribution in [0.25, 0.3) is 42.6 Å². The minimum absolute atomic E-state index is 0.284. The number of methoxy groups -OCH3 is 2. The molecule has 1 saturated heterocycles. The Balaban J connectivity index is 0.000000166. The molecule has 0 atom stereocenters. The molecule has 1 N–H and O–H groups in total. The smallest absolute Gasteiger partial charge is 0.491 e. The van der Waals surface area contributed by atoms with E-state index in [0.717, 1.165) is 74.0 Å². The zero-order valence-electron chi connectivity index (χ0n) is 42.5. The van der Waals surface area contributed by atoms with Crippen molar-refractivity contribution in [3.63, 3.8) is 0 Å². The van der Waals surface area contributed by atoms with Crippen LogP contribution in [0.1, 0.15) is 51.3 Å². The molecule has 0 aliphatic carbocycles. The van der Waals surface area contributed by atoms with E-state index in [1.54, 1.807) is 14.2 Å². The monoisotopic (exact) mass is 1030 g/mol. The average molecular weight is 1030 g/mol. The van der Waals surface area contributed by atoms with Gasteiger partial charge < -0.3 is 42.7 Å². The standard InChI is InChI=1S/C27H26N2O2.C19H17BrN2O2.C13H20BNO2/c1-4-20-6-5-7-22(16-20)26-19-29(27-13-10-23(28-2)17-25(26)27)18-21-8-11-24(12-9-21)31-15-14-30-3;1-21-15-5-8-19-17(11-15)18(20)13-22(19)12-14-3-6-16(7-4-14)24-10-9-23-2;1-12(2)13(3,4)17-14(16-12)10-7-6-8-11(9-10)15-5/h5-13,16-17,19H,4,14-15,18H2,1,3H3;3-8,11,13H,9-10,12H2,2H3;6-9,15H,1-5H3. The molecule has 1 aliphatic heterocycles. The van der Waals surface area contributed by atoms with Gasteiger partial charge in [-0.25, -0.2) is 9.69 Å². The summed E-state index contributed by atoms with van der Waals surface area (Å²) in [6.45, 7) is 28.7. The molecule has 8 aromatic rings. The third-order valence-electron chi connectivity index (χ3n) is 13.0. The van der Waals surface area contributed by atoms with Crippen LogP contribution in [-0.4, -0.2) is 75.1 Å². The summed E-state index contributed by atoms with van der Waals surface area (Å²) in [4.78, 5) is 7.13. The van der Waals surface area contributed by atoms with E-state index >= 15 is 0 Å². The quantitative estimate of drug-likeness (QED) is 0.0586. The van der Waals surface area contributed by atoms with Crippen molar-refractivity contribution >= 4 is 67.4 Å². The maximum atomic E-state index is 7.42. The molecule has 0 saturated carbocycles. The molecule has 6 aromatic carbocycles. The van der Waals surface area contributed by atoms with Crippen molar-refractivity contribution < 1.29 is 28.3 Å². The number of aromatic nitrogens is 2. The second-order valence-corrected chi connectivity index (χ2v) is 19.2. The van der Waals surface area contributed by atoms with Gasteiger partial charge in [-0.15, -0.1) is 0 Å². The topological polar surface area (TPSA) is 86.0 Å². The lowest BCUT2D eigenvalue weighted by Gasteiger charge is -2.32. The molecule has 0 bridgehead atoms. The Bertz CT molecular complexity index is 3140. The number of fused-ring (bicyclic) bond motifs is 2. The molecule has 0 amide bonds. The summed E-state index contributed by atoms with van der Waals surface area (Å²) in [7, 11) is 4.95. The van der Waals surface area contributed by atoms with Gasteiger partial charge in [0.25, 0.3) is 0 Å². The maximum absolute atomic E-state index is 7.42. The Kier molecular flexibility index (Phi) is 18.0. The van der Waals surface area contributed by atoms with E-state index in [2.05, 4.69) is 148 Å². The molecule has 3 heterocycles. The molecule has 0 spiro atoms. The number of ether oxygens (including phenoxy) is 4. The highest BCUT2D eigenvalue weighted by atomic mass is 79.9. The summed E-state index contributed by atoms with van der Waals surface area (Å²) in [5.41, 5.74) is 11.1. The summed E-state index contributed by atoms with van der Waals surface area (Å²) in [6, 6.07) is 44.8. The fraction of sp³-hybridized carbons (Fsp3) is 0.288. The molecule has 13 heteroatoms. The van der Waals surface area contributed by atoms with Crippen molar-refractivity contribution in [2.75, 3.05) is 53.0 Å². The molecule has 370 valence electrons. The Hall–Kier alpha value is -6.84. The van der Waals surface area contributed by atoms with Crippen LogP contribution in [0.5, 0.6) is 11.5 Å². The van der Waals surface area contributed by atoms with Gasteiger partial charge in [-0.05, 0) is 144 Å². The molecule has 9 rings (SSSR count). The van der Waals surface area contributed by atoms with Gasteiger partial charge in [-0.2, -0.15) is 0 Å².